The van der Waals surface area contributed by atoms with Crippen LogP contribution in [-0.4, -0.2) is 97.6 Å². The number of carbonyl (C=O) groups excluding carboxylic acids is 4. The van der Waals surface area contributed by atoms with Crippen molar-refractivity contribution in [3.8, 4) is 50.7 Å². The Kier molecular flexibility index (Phi) is 13.2. The molecule has 0 spiro atoms. The molecule has 0 radical (unpaired) electrons. The molecule has 6 aromatic rings. The minimum absolute atomic E-state index is 0.0759. The first-order valence-electron chi connectivity index (χ1n) is 22.5. The van der Waals surface area contributed by atoms with Gasteiger partial charge in [0.05, 0.1) is 54.4 Å². The van der Waals surface area contributed by atoms with Gasteiger partial charge in [-0.05, 0) is 84.0 Å². The lowest BCUT2D eigenvalue weighted by Gasteiger charge is -2.30. The third-order valence-corrected chi connectivity index (χ3v) is 12.6. The summed E-state index contributed by atoms with van der Waals surface area (Å²) in [7, 11) is 2.84. The van der Waals surface area contributed by atoms with Gasteiger partial charge in [-0.3, -0.25) is 9.59 Å². The van der Waals surface area contributed by atoms with Crippen LogP contribution in [0.15, 0.2) is 103 Å². The Bertz CT molecular complexity index is 2450. The zero-order valence-corrected chi connectivity index (χ0v) is 37.8. The predicted molar refractivity (Wildman–Crippen MR) is 250 cm³/mol. The molecule has 2 unspecified atom stereocenters. The van der Waals surface area contributed by atoms with Crippen molar-refractivity contribution in [1.29, 1.82) is 0 Å². The summed E-state index contributed by atoms with van der Waals surface area (Å²) in [5, 5.41) is 8.10. The van der Waals surface area contributed by atoms with E-state index in [1.807, 2.05) is 68.1 Å². The van der Waals surface area contributed by atoms with E-state index < -0.39 is 18.2 Å². The summed E-state index contributed by atoms with van der Waals surface area (Å²) in [6.45, 7) is 8.87. The molecule has 0 aliphatic carbocycles. The molecule has 5 amide bonds. The largest absolute Gasteiger partial charge is 0.453 e. The first-order valence-corrected chi connectivity index (χ1v) is 22.5. The topological polar surface area (TPSA) is 182 Å². The maximum Gasteiger partial charge on any atom is 0.407 e. The summed E-state index contributed by atoms with van der Waals surface area (Å²) in [5.74, 6) is 1.02. The van der Waals surface area contributed by atoms with Gasteiger partial charge in [0.25, 0.3) is 0 Å². The van der Waals surface area contributed by atoms with Crippen molar-refractivity contribution in [1.82, 2.24) is 50.3 Å². The van der Waals surface area contributed by atoms with E-state index in [0.717, 1.165) is 88.0 Å². The Hall–Kier alpha value is -7.16. The average Bonchev–Trinajstić information content (AvgIpc) is 4.19. The van der Waals surface area contributed by atoms with Crippen LogP contribution < -0.4 is 16.0 Å². The molecule has 15 nitrogen and oxygen atoms in total. The first-order chi connectivity index (χ1) is 31.4. The van der Waals surface area contributed by atoms with E-state index in [0.29, 0.717) is 13.1 Å². The number of nitrogens with one attached hydrogen (secondary N) is 5. The molecule has 5 N–H and O–H groups in total. The van der Waals surface area contributed by atoms with Crippen LogP contribution in [0.3, 0.4) is 0 Å². The maximum atomic E-state index is 13.7. The molecular weight excluding hydrogens is 821 g/mol. The van der Waals surface area contributed by atoms with Gasteiger partial charge in [0.2, 0.25) is 11.8 Å². The molecule has 2 aliphatic rings. The molecule has 0 saturated carbocycles. The van der Waals surface area contributed by atoms with Crippen LogP contribution in [-0.2, 0) is 14.3 Å². The minimum Gasteiger partial charge on any atom is -0.453 e. The van der Waals surface area contributed by atoms with Gasteiger partial charge in [-0.2, -0.15) is 0 Å². The minimum atomic E-state index is -0.699. The molecular formula is C50H58N10O5. The summed E-state index contributed by atoms with van der Waals surface area (Å²) in [4.78, 5) is 71.7. The standard InChI is InChI=1S/C50H58N10O5/c1-30(2)43(56-49(63)51-5)47(61)58-26-10-14-41(58)45-52-28-37(54-45)32-16-20-34(21-17-32)39-24-25-40(60(39)36-12-8-7-9-13-36)35-22-18-33(19-23-35)38-29-53-46(55-38)42-15-11-27-59(42)48(62)44(31(3)4)57-50(64)65-6/h7-9,12-13,16-25,28-31,41-44H,10-11,14-15,26-27H2,1-6H3,(H,52,54)(H,53,55)(H,57,64)(H2,51,56,63)/t41-,42?,43-,44?/m0/s1. The second-order valence-corrected chi connectivity index (χ2v) is 17.5. The Morgan fingerprint density at radius 2 is 1.08 bits per heavy atom. The third kappa shape index (κ3) is 9.26. The van der Waals surface area contributed by atoms with E-state index in [1.54, 1.807) is 7.05 Å². The Morgan fingerprint density at radius 1 is 0.631 bits per heavy atom. The van der Waals surface area contributed by atoms with Crippen molar-refractivity contribution in [2.24, 2.45) is 11.8 Å². The number of hydrogen-bond acceptors (Lipinski definition) is 7. The van der Waals surface area contributed by atoms with Crippen LogP contribution in [0.2, 0.25) is 0 Å². The molecule has 5 heterocycles. The highest BCUT2D eigenvalue weighted by Crippen LogP contribution is 2.37. The third-order valence-electron chi connectivity index (χ3n) is 12.6. The second-order valence-electron chi connectivity index (χ2n) is 17.5. The normalized spacial score (nSPS) is 17.0. The first kappa shape index (κ1) is 44.4. The van der Waals surface area contributed by atoms with Gasteiger partial charge >= 0.3 is 12.1 Å². The van der Waals surface area contributed by atoms with E-state index in [2.05, 4.69) is 103 Å². The number of alkyl carbamates (subject to hydrolysis) is 1. The number of H-pyrrole nitrogens is 2. The summed E-state index contributed by atoms with van der Waals surface area (Å²) in [6.07, 6.45) is 6.27. The number of imidazole rings is 2. The fourth-order valence-corrected chi connectivity index (χ4v) is 9.10. The molecule has 0 bridgehead atoms. The van der Waals surface area contributed by atoms with Crippen LogP contribution >= 0.6 is 0 Å². The lowest BCUT2D eigenvalue weighted by Crippen LogP contribution is -2.53. The molecule has 2 fully saturated rings. The van der Waals surface area contributed by atoms with Crippen LogP contribution in [0.4, 0.5) is 9.59 Å². The van der Waals surface area contributed by atoms with Gasteiger partial charge in [-0.15, -0.1) is 0 Å². The molecule has 8 rings (SSSR count). The van der Waals surface area contributed by atoms with Crippen LogP contribution in [0.1, 0.15) is 77.1 Å². The molecule has 4 atom stereocenters. The molecule has 3 aromatic heterocycles. The number of amides is 5. The smallest absolute Gasteiger partial charge is 0.407 e. The summed E-state index contributed by atoms with van der Waals surface area (Å²) < 4.78 is 7.06. The number of para-hydroxylation sites is 1. The fraction of sp³-hybridized carbons (Fsp3) is 0.360. The van der Waals surface area contributed by atoms with E-state index in [9.17, 15) is 19.2 Å². The van der Waals surface area contributed by atoms with Gasteiger partial charge in [0.1, 0.15) is 23.7 Å². The predicted octanol–water partition coefficient (Wildman–Crippen LogP) is 8.25. The number of hydrogen-bond donors (Lipinski definition) is 5. The van der Waals surface area contributed by atoms with E-state index in [4.69, 9.17) is 14.7 Å². The van der Waals surface area contributed by atoms with Gasteiger partial charge in [0, 0.05) is 25.8 Å². The number of methoxy groups -OCH3 is 1. The number of benzene rings is 3. The van der Waals surface area contributed by atoms with Crippen molar-refractivity contribution < 1.29 is 23.9 Å². The maximum absolute atomic E-state index is 13.7. The number of nitrogens with zero attached hydrogens (tertiary/aromatic N) is 5. The Labute approximate surface area is 379 Å². The van der Waals surface area contributed by atoms with Gasteiger partial charge < -0.3 is 45.0 Å². The van der Waals surface area contributed by atoms with Crippen molar-refractivity contribution in [3.05, 3.63) is 115 Å². The Morgan fingerprint density at radius 3 is 1.51 bits per heavy atom. The second kappa shape index (κ2) is 19.3. The quantitative estimate of drug-likeness (QED) is 0.0774. The van der Waals surface area contributed by atoms with Crippen molar-refractivity contribution in [2.45, 2.75) is 77.5 Å². The number of carbonyl (C=O) groups is 4. The van der Waals surface area contributed by atoms with E-state index in [-0.39, 0.29) is 41.8 Å². The molecule has 2 saturated heterocycles. The summed E-state index contributed by atoms with van der Waals surface area (Å²) in [5.41, 5.74) is 8.84. The monoisotopic (exact) mass is 878 g/mol. The van der Waals surface area contributed by atoms with Gasteiger partial charge in [-0.25, -0.2) is 19.6 Å². The molecule has 2 aliphatic heterocycles. The number of ether oxygens (including phenoxy) is 1. The number of aromatic nitrogens is 5. The average molecular weight is 879 g/mol. The van der Waals surface area contributed by atoms with Crippen molar-refractivity contribution in [3.63, 3.8) is 0 Å². The highest BCUT2D eigenvalue weighted by atomic mass is 16.5. The van der Waals surface area contributed by atoms with Gasteiger partial charge in [-0.1, -0.05) is 94.4 Å². The van der Waals surface area contributed by atoms with E-state index in [1.165, 1.54) is 7.11 Å². The zero-order chi connectivity index (χ0) is 45.8. The number of rotatable bonds is 13. The lowest BCUT2D eigenvalue weighted by atomic mass is 10.0. The highest BCUT2D eigenvalue weighted by molar-refractivity contribution is 5.88. The highest BCUT2D eigenvalue weighted by Gasteiger charge is 2.39. The van der Waals surface area contributed by atoms with Crippen LogP contribution in [0.25, 0.3) is 50.7 Å². The SMILES string of the molecule is CNC(=O)N[C@H](C(=O)N1CCC[C@H]1c1ncc(-c2ccc(-c3ccc(-c4ccc(-c5cnc(C6CCCN6C(=O)C(NC(=O)OC)C(C)C)[nH]5)cc4)n3-c3ccccc3)cc2)[nH]1)C(C)C. The Balaban J connectivity index is 1.00. The van der Waals surface area contributed by atoms with Crippen molar-refractivity contribution in [2.75, 3.05) is 27.2 Å². The lowest BCUT2D eigenvalue weighted by molar-refractivity contribution is -0.136. The zero-order valence-electron chi connectivity index (χ0n) is 37.8. The molecule has 15 heteroatoms. The molecule has 65 heavy (non-hydrogen) atoms. The summed E-state index contributed by atoms with van der Waals surface area (Å²) in [6, 6.07) is 29.3. The van der Waals surface area contributed by atoms with E-state index >= 15 is 0 Å². The van der Waals surface area contributed by atoms with Crippen LogP contribution in [0, 0.1) is 11.8 Å². The number of aromatic amines is 2. The number of urea groups is 1. The molecule has 338 valence electrons. The summed E-state index contributed by atoms with van der Waals surface area (Å²) >= 11 is 0. The molecule has 3 aromatic carbocycles. The number of likely N-dealkylation sites (tertiary alicyclic amines) is 2. The van der Waals surface area contributed by atoms with Crippen molar-refractivity contribution >= 4 is 23.9 Å². The fourth-order valence-electron chi connectivity index (χ4n) is 9.10. The van der Waals surface area contributed by atoms with Crippen LogP contribution in [0.5, 0.6) is 0 Å². The van der Waals surface area contributed by atoms with Gasteiger partial charge in [0.15, 0.2) is 0 Å².